The largest absolute Gasteiger partial charge is 0.348 e. The zero-order valence-corrected chi connectivity index (χ0v) is 12.1. The zero-order valence-electron chi connectivity index (χ0n) is 9.71. The summed E-state index contributed by atoms with van der Waals surface area (Å²) in [5.74, 6) is -0.515. The molecule has 1 atom stereocenters. The van der Waals surface area contributed by atoms with Crippen LogP contribution in [-0.4, -0.2) is 25.0 Å². The first kappa shape index (κ1) is 15.4. The summed E-state index contributed by atoms with van der Waals surface area (Å²) in [6.45, 7) is 1.80. The zero-order chi connectivity index (χ0) is 12.3. The normalized spacial score (nSPS) is 18.9. The van der Waals surface area contributed by atoms with Crippen molar-refractivity contribution in [1.82, 2.24) is 10.6 Å². The Balaban J connectivity index is 0.00000162. The molecule has 100 valence electrons. The first-order valence-corrected chi connectivity index (χ1v) is 6.43. The maximum atomic E-state index is 12.9. The molecule has 0 bridgehead atoms. The molecule has 1 saturated heterocycles. The second kappa shape index (κ2) is 7.07. The molecule has 0 aromatic heterocycles. The second-order valence-corrected chi connectivity index (χ2v) is 5.00. The Morgan fingerprint density at radius 2 is 2.28 bits per heavy atom. The van der Waals surface area contributed by atoms with Crippen LogP contribution in [0.15, 0.2) is 22.7 Å². The highest BCUT2D eigenvalue weighted by atomic mass is 79.9. The number of carbonyl (C=O) groups excluding carboxylic acids is 1. The monoisotopic (exact) mass is 336 g/mol. The summed E-state index contributed by atoms with van der Waals surface area (Å²) in [7, 11) is 0. The molecule has 1 aromatic carbocycles. The SMILES string of the molecule is Cl.O=C(NC1CCCNC1)c1ccc(F)cc1Br. The van der Waals surface area contributed by atoms with Gasteiger partial charge in [0.05, 0.1) is 5.56 Å². The molecule has 0 radical (unpaired) electrons. The molecule has 3 nitrogen and oxygen atoms in total. The third-order valence-corrected chi connectivity index (χ3v) is 3.46. The van der Waals surface area contributed by atoms with Crippen molar-refractivity contribution in [2.75, 3.05) is 13.1 Å². The molecule has 0 aliphatic carbocycles. The van der Waals surface area contributed by atoms with E-state index in [9.17, 15) is 9.18 Å². The average Bonchev–Trinajstić information content (AvgIpc) is 2.30. The Bertz CT molecular complexity index is 425. The fraction of sp³-hybridized carbons (Fsp3) is 0.417. The topological polar surface area (TPSA) is 41.1 Å². The molecule has 1 amide bonds. The number of amides is 1. The Labute approximate surface area is 120 Å². The van der Waals surface area contributed by atoms with Crippen molar-refractivity contribution in [3.8, 4) is 0 Å². The number of piperidine rings is 1. The molecule has 0 spiro atoms. The number of carbonyl (C=O) groups is 1. The van der Waals surface area contributed by atoms with Gasteiger partial charge in [0.15, 0.2) is 0 Å². The van der Waals surface area contributed by atoms with Crippen molar-refractivity contribution in [2.45, 2.75) is 18.9 Å². The van der Waals surface area contributed by atoms with Gasteiger partial charge >= 0.3 is 0 Å². The maximum absolute atomic E-state index is 12.9. The lowest BCUT2D eigenvalue weighted by atomic mass is 10.1. The van der Waals surface area contributed by atoms with Crippen LogP contribution in [0.3, 0.4) is 0 Å². The molecule has 1 heterocycles. The van der Waals surface area contributed by atoms with Crippen LogP contribution in [0, 0.1) is 5.82 Å². The molecule has 0 saturated carbocycles. The minimum atomic E-state index is -0.354. The lowest BCUT2D eigenvalue weighted by Crippen LogP contribution is -2.45. The first-order chi connectivity index (χ1) is 8.16. The number of benzene rings is 1. The molecule has 1 aromatic rings. The highest BCUT2D eigenvalue weighted by Crippen LogP contribution is 2.18. The van der Waals surface area contributed by atoms with E-state index in [-0.39, 0.29) is 30.2 Å². The minimum absolute atomic E-state index is 0. The van der Waals surface area contributed by atoms with Crippen molar-refractivity contribution in [3.05, 3.63) is 34.1 Å². The Morgan fingerprint density at radius 1 is 1.50 bits per heavy atom. The number of nitrogens with one attached hydrogen (secondary N) is 2. The van der Waals surface area contributed by atoms with Crippen molar-refractivity contribution in [1.29, 1.82) is 0 Å². The van der Waals surface area contributed by atoms with Crippen molar-refractivity contribution >= 4 is 34.2 Å². The van der Waals surface area contributed by atoms with Gasteiger partial charge < -0.3 is 10.6 Å². The second-order valence-electron chi connectivity index (χ2n) is 4.14. The highest BCUT2D eigenvalue weighted by molar-refractivity contribution is 9.10. The minimum Gasteiger partial charge on any atom is -0.348 e. The average molecular weight is 338 g/mol. The van der Waals surface area contributed by atoms with Gasteiger partial charge in [-0.2, -0.15) is 0 Å². The van der Waals surface area contributed by atoms with E-state index >= 15 is 0 Å². The quantitative estimate of drug-likeness (QED) is 0.870. The van der Waals surface area contributed by atoms with Crippen molar-refractivity contribution in [3.63, 3.8) is 0 Å². The van der Waals surface area contributed by atoms with Gasteiger partial charge in [0.25, 0.3) is 5.91 Å². The van der Waals surface area contributed by atoms with Gasteiger partial charge in [-0.25, -0.2) is 4.39 Å². The van der Waals surface area contributed by atoms with E-state index < -0.39 is 0 Å². The Morgan fingerprint density at radius 3 is 2.89 bits per heavy atom. The lowest BCUT2D eigenvalue weighted by molar-refractivity contribution is 0.0930. The van der Waals surface area contributed by atoms with E-state index in [1.807, 2.05) is 0 Å². The summed E-state index contributed by atoms with van der Waals surface area (Å²) < 4.78 is 13.4. The van der Waals surface area contributed by atoms with Crippen LogP contribution >= 0.6 is 28.3 Å². The van der Waals surface area contributed by atoms with E-state index in [1.54, 1.807) is 0 Å². The van der Waals surface area contributed by atoms with Gasteiger partial charge in [0, 0.05) is 17.1 Å². The molecule has 1 fully saturated rings. The van der Waals surface area contributed by atoms with Crippen LogP contribution in [-0.2, 0) is 0 Å². The fourth-order valence-corrected chi connectivity index (χ4v) is 2.44. The predicted molar refractivity (Wildman–Crippen MR) is 74.7 cm³/mol. The lowest BCUT2D eigenvalue weighted by Gasteiger charge is -2.24. The van der Waals surface area contributed by atoms with Crippen LogP contribution in [0.5, 0.6) is 0 Å². The standard InChI is InChI=1S/C12H14BrFN2O.ClH/c13-11-6-8(14)3-4-10(11)12(17)16-9-2-1-5-15-7-9;/h3-4,6,9,15H,1-2,5,7H2,(H,16,17);1H. The van der Waals surface area contributed by atoms with Gasteiger partial charge in [-0.3, -0.25) is 4.79 Å². The van der Waals surface area contributed by atoms with Gasteiger partial charge in [-0.1, -0.05) is 0 Å². The summed E-state index contributed by atoms with van der Waals surface area (Å²) in [5, 5.41) is 6.17. The summed E-state index contributed by atoms with van der Waals surface area (Å²) >= 11 is 3.20. The van der Waals surface area contributed by atoms with Gasteiger partial charge in [0.1, 0.15) is 5.82 Å². The summed E-state index contributed by atoms with van der Waals surface area (Å²) in [5.41, 5.74) is 0.469. The number of rotatable bonds is 2. The molecular formula is C12H15BrClFN2O. The van der Waals surface area contributed by atoms with Gasteiger partial charge in [0.2, 0.25) is 0 Å². The molecule has 1 unspecified atom stereocenters. The fourth-order valence-electron chi connectivity index (χ4n) is 1.91. The van der Waals surface area contributed by atoms with Crippen LogP contribution in [0.25, 0.3) is 0 Å². The molecule has 18 heavy (non-hydrogen) atoms. The third kappa shape index (κ3) is 3.93. The molecule has 1 aliphatic rings. The first-order valence-electron chi connectivity index (χ1n) is 5.63. The van der Waals surface area contributed by atoms with Crippen LogP contribution in [0.2, 0.25) is 0 Å². The number of halogens is 3. The van der Waals surface area contributed by atoms with Crippen molar-refractivity contribution in [2.24, 2.45) is 0 Å². The van der Waals surface area contributed by atoms with E-state index in [2.05, 4.69) is 26.6 Å². The number of hydrogen-bond acceptors (Lipinski definition) is 2. The Kier molecular flexibility index (Phi) is 6.05. The van der Waals surface area contributed by atoms with Gasteiger partial charge in [-0.15, -0.1) is 12.4 Å². The maximum Gasteiger partial charge on any atom is 0.252 e. The third-order valence-electron chi connectivity index (χ3n) is 2.81. The van der Waals surface area contributed by atoms with E-state index in [1.165, 1.54) is 18.2 Å². The van der Waals surface area contributed by atoms with Gasteiger partial charge in [-0.05, 0) is 53.5 Å². The Hall–Kier alpha value is -0.650. The van der Waals surface area contributed by atoms with E-state index in [0.29, 0.717) is 10.0 Å². The summed E-state index contributed by atoms with van der Waals surface area (Å²) in [6, 6.07) is 4.24. The predicted octanol–water partition coefficient (Wildman–Crippen LogP) is 2.49. The number of hydrogen-bond donors (Lipinski definition) is 2. The summed E-state index contributed by atoms with van der Waals surface area (Å²) in [6.07, 6.45) is 2.05. The van der Waals surface area contributed by atoms with Crippen LogP contribution < -0.4 is 10.6 Å². The van der Waals surface area contributed by atoms with Crippen LogP contribution in [0.4, 0.5) is 4.39 Å². The molecule has 2 N–H and O–H groups in total. The van der Waals surface area contributed by atoms with Crippen molar-refractivity contribution < 1.29 is 9.18 Å². The molecule has 2 rings (SSSR count). The van der Waals surface area contributed by atoms with E-state index in [0.717, 1.165) is 25.9 Å². The van der Waals surface area contributed by atoms with E-state index in [4.69, 9.17) is 0 Å². The smallest absolute Gasteiger partial charge is 0.252 e. The molecule has 6 heteroatoms. The highest BCUT2D eigenvalue weighted by Gasteiger charge is 2.17. The van der Waals surface area contributed by atoms with Crippen LogP contribution in [0.1, 0.15) is 23.2 Å². The molecule has 1 aliphatic heterocycles. The summed E-state index contributed by atoms with van der Waals surface area (Å²) in [4.78, 5) is 12.0. The molecular weight excluding hydrogens is 322 g/mol.